The Kier molecular flexibility index (Phi) is 7.87. The first-order valence-corrected chi connectivity index (χ1v) is 11.1. The molecule has 0 aliphatic heterocycles. The summed E-state index contributed by atoms with van der Waals surface area (Å²) >= 11 is 0. The van der Waals surface area contributed by atoms with Crippen LogP contribution in [-0.4, -0.2) is 42.1 Å². The fraction of sp³-hybridized carbons (Fsp3) is 0.154. The van der Waals surface area contributed by atoms with Gasteiger partial charge in [0.05, 0.1) is 18.2 Å². The van der Waals surface area contributed by atoms with Gasteiger partial charge in [-0.15, -0.1) is 0 Å². The first-order chi connectivity index (χ1) is 17.5. The SMILES string of the molecule is CCOc1cc(/C=N/NC(=O)c2n[nH]c(=O)c3ccccc23)ccc1OCCOc1ccc(F)cc1. The molecule has 1 heterocycles. The Morgan fingerprint density at radius 3 is 2.53 bits per heavy atom. The largest absolute Gasteiger partial charge is 0.490 e. The van der Waals surface area contributed by atoms with E-state index in [1.165, 1.54) is 18.3 Å². The predicted molar refractivity (Wildman–Crippen MR) is 132 cm³/mol. The van der Waals surface area contributed by atoms with Gasteiger partial charge < -0.3 is 14.2 Å². The number of H-pyrrole nitrogens is 1. The lowest BCUT2D eigenvalue weighted by molar-refractivity contribution is 0.0951. The van der Waals surface area contributed by atoms with Crippen molar-refractivity contribution in [3.05, 3.63) is 94.2 Å². The standard InChI is InChI=1S/C26H23FN4O5/c1-2-34-23-15-17(7-12-22(23)36-14-13-35-19-10-8-18(27)9-11-19)16-28-30-26(33)24-20-5-3-4-6-21(20)25(32)31-29-24/h3-12,15-16H,2,13-14H2,1H3,(H,30,33)(H,31,32)/b28-16+. The first kappa shape index (κ1) is 24.4. The number of ether oxygens (including phenoxy) is 3. The van der Waals surface area contributed by atoms with Crippen molar-refractivity contribution in [3.63, 3.8) is 0 Å². The van der Waals surface area contributed by atoms with Crippen molar-refractivity contribution in [2.24, 2.45) is 5.10 Å². The lowest BCUT2D eigenvalue weighted by Crippen LogP contribution is -2.22. The van der Waals surface area contributed by atoms with Crippen molar-refractivity contribution in [1.82, 2.24) is 15.6 Å². The molecule has 36 heavy (non-hydrogen) atoms. The maximum atomic E-state index is 13.0. The number of benzene rings is 3. The Morgan fingerprint density at radius 1 is 1.00 bits per heavy atom. The van der Waals surface area contributed by atoms with E-state index in [1.54, 1.807) is 54.6 Å². The highest BCUT2D eigenvalue weighted by Gasteiger charge is 2.13. The van der Waals surface area contributed by atoms with E-state index in [1.807, 2.05) is 6.92 Å². The lowest BCUT2D eigenvalue weighted by Gasteiger charge is -2.13. The molecule has 1 amide bonds. The van der Waals surface area contributed by atoms with Crippen LogP contribution in [0.4, 0.5) is 4.39 Å². The molecule has 3 aromatic carbocycles. The van der Waals surface area contributed by atoms with Gasteiger partial charge in [0.2, 0.25) is 0 Å². The third-order valence-electron chi connectivity index (χ3n) is 4.98. The summed E-state index contributed by atoms with van der Waals surface area (Å²) in [6, 6.07) is 17.6. The molecule has 0 saturated carbocycles. The zero-order chi connectivity index (χ0) is 25.3. The van der Waals surface area contributed by atoms with Crippen LogP contribution in [0.25, 0.3) is 10.8 Å². The van der Waals surface area contributed by atoms with Gasteiger partial charge in [-0.2, -0.15) is 10.2 Å². The number of halogens is 1. The zero-order valence-electron chi connectivity index (χ0n) is 19.4. The van der Waals surface area contributed by atoms with Gasteiger partial charge in [0.15, 0.2) is 17.2 Å². The Labute approximate surface area is 205 Å². The average Bonchev–Trinajstić information content (AvgIpc) is 2.89. The average molecular weight is 490 g/mol. The minimum Gasteiger partial charge on any atom is -0.490 e. The van der Waals surface area contributed by atoms with Crippen LogP contribution in [0.2, 0.25) is 0 Å². The molecule has 0 bridgehead atoms. The monoisotopic (exact) mass is 490 g/mol. The van der Waals surface area contributed by atoms with Crippen LogP contribution in [-0.2, 0) is 0 Å². The number of hydrogen-bond acceptors (Lipinski definition) is 7. The summed E-state index contributed by atoms with van der Waals surface area (Å²) in [6.07, 6.45) is 1.45. The van der Waals surface area contributed by atoms with Crippen molar-refractivity contribution in [2.75, 3.05) is 19.8 Å². The van der Waals surface area contributed by atoms with Crippen molar-refractivity contribution in [3.8, 4) is 17.2 Å². The molecule has 0 aliphatic carbocycles. The topological polar surface area (TPSA) is 115 Å². The second-order valence-corrected chi connectivity index (χ2v) is 7.44. The molecule has 184 valence electrons. The van der Waals surface area contributed by atoms with Crippen molar-refractivity contribution < 1.29 is 23.4 Å². The predicted octanol–water partition coefficient (Wildman–Crippen LogP) is 3.68. The van der Waals surface area contributed by atoms with Gasteiger partial charge in [-0.1, -0.05) is 18.2 Å². The summed E-state index contributed by atoms with van der Waals surface area (Å²) < 4.78 is 29.9. The number of hydrazone groups is 1. The maximum absolute atomic E-state index is 13.0. The van der Waals surface area contributed by atoms with Gasteiger partial charge in [0.1, 0.15) is 24.8 Å². The van der Waals surface area contributed by atoms with Crippen LogP contribution in [0, 0.1) is 5.82 Å². The van der Waals surface area contributed by atoms with Crippen molar-refractivity contribution in [1.29, 1.82) is 0 Å². The molecule has 2 N–H and O–H groups in total. The van der Waals surface area contributed by atoms with Crippen LogP contribution in [0.1, 0.15) is 23.0 Å². The molecule has 4 aromatic rings. The quantitative estimate of drug-likeness (QED) is 0.199. The summed E-state index contributed by atoms with van der Waals surface area (Å²) in [5.41, 5.74) is 2.76. The Balaban J connectivity index is 1.37. The van der Waals surface area contributed by atoms with E-state index in [0.717, 1.165) is 0 Å². The summed E-state index contributed by atoms with van der Waals surface area (Å²) in [5.74, 6) is 0.672. The minimum absolute atomic E-state index is 0.0592. The Hall–Kier alpha value is -4.73. The highest BCUT2D eigenvalue weighted by atomic mass is 19.1. The molecule has 10 heteroatoms. The highest BCUT2D eigenvalue weighted by Crippen LogP contribution is 2.28. The van der Waals surface area contributed by atoms with Crippen LogP contribution < -0.4 is 25.2 Å². The maximum Gasteiger partial charge on any atom is 0.292 e. The lowest BCUT2D eigenvalue weighted by atomic mass is 10.1. The van der Waals surface area contributed by atoms with Gasteiger partial charge >= 0.3 is 0 Å². The van der Waals surface area contributed by atoms with Crippen molar-refractivity contribution in [2.45, 2.75) is 6.92 Å². The van der Waals surface area contributed by atoms with Gasteiger partial charge in [0.25, 0.3) is 11.5 Å². The van der Waals surface area contributed by atoms with Crippen LogP contribution in [0.3, 0.4) is 0 Å². The number of carbonyl (C=O) groups is 1. The molecule has 0 saturated heterocycles. The van der Waals surface area contributed by atoms with Crippen LogP contribution in [0.5, 0.6) is 17.2 Å². The summed E-state index contributed by atoms with van der Waals surface area (Å²) in [7, 11) is 0. The highest BCUT2D eigenvalue weighted by molar-refractivity contribution is 6.04. The number of aromatic nitrogens is 2. The van der Waals surface area contributed by atoms with Gasteiger partial charge in [0, 0.05) is 5.39 Å². The Bertz CT molecular complexity index is 1440. The van der Waals surface area contributed by atoms with Crippen LogP contribution >= 0.6 is 0 Å². The molecule has 4 rings (SSSR count). The van der Waals surface area contributed by atoms with E-state index in [-0.39, 0.29) is 30.3 Å². The van der Waals surface area contributed by atoms with E-state index in [4.69, 9.17) is 14.2 Å². The molecule has 0 radical (unpaired) electrons. The summed E-state index contributed by atoms with van der Waals surface area (Å²) in [5, 5.41) is 11.0. The number of nitrogens with zero attached hydrogens (tertiary/aromatic N) is 2. The number of rotatable bonds is 10. The molecule has 0 spiro atoms. The number of hydrogen-bond donors (Lipinski definition) is 2. The second kappa shape index (κ2) is 11.6. The van der Waals surface area contributed by atoms with E-state index < -0.39 is 5.91 Å². The van der Waals surface area contributed by atoms with Crippen LogP contribution in [0.15, 0.2) is 76.6 Å². The number of fused-ring (bicyclic) bond motifs is 1. The summed E-state index contributed by atoms with van der Waals surface area (Å²) in [6.45, 7) is 2.79. The van der Waals surface area contributed by atoms with E-state index in [2.05, 4.69) is 20.7 Å². The third-order valence-corrected chi connectivity index (χ3v) is 4.98. The van der Waals surface area contributed by atoms with E-state index >= 15 is 0 Å². The van der Waals surface area contributed by atoms with Gasteiger partial charge in [-0.05, 0) is 61.0 Å². The smallest absolute Gasteiger partial charge is 0.292 e. The summed E-state index contributed by atoms with van der Waals surface area (Å²) in [4.78, 5) is 24.5. The number of nitrogens with one attached hydrogen (secondary N) is 2. The molecule has 0 unspecified atom stereocenters. The first-order valence-electron chi connectivity index (χ1n) is 11.1. The fourth-order valence-electron chi connectivity index (χ4n) is 3.34. The molecule has 0 aliphatic rings. The third kappa shape index (κ3) is 6.03. The molecule has 9 nitrogen and oxygen atoms in total. The zero-order valence-corrected chi connectivity index (χ0v) is 19.4. The van der Waals surface area contributed by atoms with Gasteiger partial charge in [-0.3, -0.25) is 9.59 Å². The number of amides is 1. The molecular formula is C26H23FN4O5. The minimum atomic E-state index is -0.565. The molecular weight excluding hydrogens is 467 g/mol. The number of carbonyl (C=O) groups excluding carboxylic acids is 1. The molecule has 0 atom stereocenters. The second-order valence-electron chi connectivity index (χ2n) is 7.44. The molecule has 0 fully saturated rings. The van der Waals surface area contributed by atoms with E-state index in [9.17, 15) is 14.0 Å². The van der Waals surface area contributed by atoms with E-state index in [0.29, 0.717) is 40.2 Å². The van der Waals surface area contributed by atoms with Crippen molar-refractivity contribution >= 4 is 22.9 Å². The fourth-order valence-corrected chi connectivity index (χ4v) is 3.34. The van der Waals surface area contributed by atoms with Gasteiger partial charge in [-0.25, -0.2) is 14.9 Å². The normalized spacial score (nSPS) is 10.9. The number of aromatic amines is 1. The molecule has 1 aromatic heterocycles. The Morgan fingerprint density at radius 2 is 1.75 bits per heavy atom.